The number of rotatable bonds is 3. The third kappa shape index (κ3) is 2.24. The Hall–Kier alpha value is -2.19. The van der Waals surface area contributed by atoms with Gasteiger partial charge in [-0.05, 0) is 19.9 Å². The number of hydrogen-bond donors (Lipinski definition) is 2. The van der Waals surface area contributed by atoms with Gasteiger partial charge in [-0.15, -0.1) is 10.2 Å². The first-order valence-corrected chi connectivity index (χ1v) is 5.71. The van der Waals surface area contributed by atoms with E-state index in [4.69, 9.17) is 11.0 Å². The number of nitrogens with one attached hydrogen (secondary N) is 1. The molecule has 2 aromatic rings. The van der Waals surface area contributed by atoms with Gasteiger partial charge in [0.1, 0.15) is 6.07 Å². The second-order valence-corrected chi connectivity index (χ2v) is 4.77. The molecule has 0 unspecified atom stereocenters. The standard InChI is InChI=1S/C13H15N5/c1-13(2,8-15)16-12-9-5-3-4-6-10(9)17-18-11(12)7-14/h3-6H,8,15H2,1-2H3,(H,16,17). The summed E-state index contributed by atoms with van der Waals surface area (Å²) in [5, 5.41) is 21.2. The van der Waals surface area contributed by atoms with Crippen LogP contribution in [0, 0.1) is 11.3 Å². The molecule has 5 heteroatoms. The maximum absolute atomic E-state index is 9.12. The minimum Gasteiger partial charge on any atom is -0.376 e. The lowest BCUT2D eigenvalue weighted by Gasteiger charge is -2.26. The summed E-state index contributed by atoms with van der Waals surface area (Å²) < 4.78 is 0. The molecule has 0 saturated carbocycles. The van der Waals surface area contributed by atoms with Crippen LogP contribution in [0.5, 0.6) is 0 Å². The fourth-order valence-corrected chi connectivity index (χ4v) is 1.65. The van der Waals surface area contributed by atoms with Crippen molar-refractivity contribution in [1.82, 2.24) is 10.2 Å². The van der Waals surface area contributed by atoms with E-state index in [1.54, 1.807) is 0 Å². The number of benzene rings is 1. The van der Waals surface area contributed by atoms with Crippen LogP contribution in [0.2, 0.25) is 0 Å². The maximum atomic E-state index is 9.12. The Labute approximate surface area is 106 Å². The topological polar surface area (TPSA) is 87.6 Å². The number of nitrogens with zero attached hydrogens (tertiary/aromatic N) is 3. The van der Waals surface area contributed by atoms with Crippen LogP contribution in [-0.2, 0) is 0 Å². The van der Waals surface area contributed by atoms with E-state index < -0.39 is 0 Å². The molecule has 18 heavy (non-hydrogen) atoms. The van der Waals surface area contributed by atoms with Crippen LogP contribution >= 0.6 is 0 Å². The molecule has 92 valence electrons. The lowest BCUT2D eigenvalue weighted by Crippen LogP contribution is -2.39. The summed E-state index contributed by atoms with van der Waals surface area (Å²) in [4.78, 5) is 0. The number of fused-ring (bicyclic) bond motifs is 1. The molecule has 0 aliphatic heterocycles. The van der Waals surface area contributed by atoms with Crippen LogP contribution in [0.4, 0.5) is 5.69 Å². The van der Waals surface area contributed by atoms with Crippen molar-refractivity contribution in [2.45, 2.75) is 19.4 Å². The monoisotopic (exact) mass is 241 g/mol. The van der Waals surface area contributed by atoms with Crippen molar-refractivity contribution in [1.29, 1.82) is 5.26 Å². The van der Waals surface area contributed by atoms with E-state index in [0.717, 1.165) is 10.9 Å². The van der Waals surface area contributed by atoms with E-state index in [-0.39, 0.29) is 11.2 Å². The van der Waals surface area contributed by atoms with E-state index >= 15 is 0 Å². The molecule has 1 aromatic carbocycles. The first kappa shape index (κ1) is 12.3. The van der Waals surface area contributed by atoms with Gasteiger partial charge in [-0.3, -0.25) is 0 Å². The summed E-state index contributed by atoms with van der Waals surface area (Å²) in [6.07, 6.45) is 0. The molecule has 0 saturated heterocycles. The molecular weight excluding hydrogens is 226 g/mol. The predicted molar refractivity (Wildman–Crippen MR) is 71.0 cm³/mol. The third-order valence-electron chi connectivity index (χ3n) is 2.75. The van der Waals surface area contributed by atoms with Crippen molar-refractivity contribution in [3.8, 4) is 6.07 Å². The van der Waals surface area contributed by atoms with Gasteiger partial charge in [0.05, 0.1) is 11.2 Å². The van der Waals surface area contributed by atoms with Gasteiger partial charge in [0, 0.05) is 17.5 Å². The lowest BCUT2D eigenvalue weighted by molar-refractivity contribution is 0.580. The molecule has 0 bridgehead atoms. The average molecular weight is 241 g/mol. The molecule has 0 spiro atoms. The van der Waals surface area contributed by atoms with Crippen molar-refractivity contribution in [3.05, 3.63) is 30.0 Å². The van der Waals surface area contributed by atoms with Crippen LogP contribution in [0.15, 0.2) is 24.3 Å². The van der Waals surface area contributed by atoms with Crippen molar-refractivity contribution in [2.75, 3.05) is 11.9 Å². The van der Waals surface area contributed by atoms with Gasteiger partial charge in [-0.2, -0.15) is 5.26 Å². The average Bonchev–Trinajstić information content (AvgIpc) is 2.39. The third-order valence-corrected chi connectivity index (χ3v) is 2.75. The molecule has 0 atom stereocenters. The second-order valence-electron chi connectivity index (χ2n) is 4.77. The number of anilines is 1. The first-order chi connectivity index (χ1) is 8.57. The second kappa shape index (κ2) is 4.59. The lowest BCUT2D eigenvalue weighted by atomic mass is 10.0. The van der Waals surface area contributed by atoms with Crippen molar-refractivity contribution in [2.24, 2.45) is 5.73 Å². The van der Waals surface area contributed by atoms with Crippen molar-refractivity contribution in [3.63, 3.8) is 0 Å². The van der Waals surface area contributed by atoms with Gasteiger partial charge in [-0.25, -0.2) is 0 Å². The number of hydrogen-bond acceptors (Lipinski definition) is 5. The van der Waals surface area contributed by atoms with Crippen molar-refractivity contribution >= 4 is 16.6 Å². The zero-order valence-corrected chi connectivity index (χ0v) is 10.4. The largest absolute Gasteiger partial charge is 0.376 e. The Morgan fingerprint density at radius 2 is 2.06 bits per heavy atom. The quantitative estimate of drug-likeness (QED) is 0.853. The summed E-state index contributed by atoms with van der Waals surface area (Å²) in [6, 6.07) is 9.64. The Balaban J connectivity index is 2.63. The Bertz CT molecular complexity index is 612. The molecule has 0 radical (unpaired) electrons. The maximum Gasteiger partial charge on any atom is 0.186 e. The minimum atomic E-state index is -0.308. The zero-order valence-electron chi connectivity index (χ0n) is 10.4. The van der Waals surface area contributed by atoms with Gasteiger partial charge in [0.25, 0.3) is 0 Å². The van der Waals surface area contributed by atoms with E-state index in [1.165, 1.54) is 0 Å². The van der Waals surface area contributed by atoms with E-state index in [2.05, 4.69) is 21.6 Å². The smallest absolute Gasteiger partial charge is 0.186 e. The fraction of sp³-hybridized carbons (Fsp3) is 0.308. The molecular formula is C13H15N5. The highest BCUT2D eigenvalue weighted by molar-refractivity contribution is 5.93. The van der Waals surface area contributed by atoms with E-state index in [9.17, 15) is 0 Å². The van der Waals surface area contributed by atoms with Gasteiger partial charge >= 0.3 is 0 Å². The van der Waals surface area contributed by atoms with Crippen molar-refractivity contribution < 1.29 is 0 Å². The first-order valence-electron chi connectivity index (χ1n) is 5.71. The van der Waals surface area contributed by atoms with Gasteiger partial charge in [0.15, 0.2) is 5.69 Å². The predicted octanol–water partition coefficient (Wildman–Crippen LogP) is 1.65. The minimum absolute atomic E-state index is 0.287. The van der Waals surface area contributed by atoms with Crippen LogP contribution in [0.25, 0.3) is 10.9 Å². The molecule has 5 nitrogen and oxygen atoms in total. The highest BCUT2D eigenvalue weighted by atomic mass is 15.1. The number of nitriles is 1. The summed E-state index contributed by atoms with van der Waals surface area (Å²) in [7, 11) is 0. The number of nitrogens with two attached hydrogens (primary N) is 1. The van der Waals surface area contributed by atoms with Crippen LogP contribution in [0.1, 0.15) is 19.5 Å². The molecule has 0 fully saturated rings. The molecule has 0 aliphatic rings. The Morgan fingerprint density at radius 3 is 2.72 bits per heavy atom. The molecule has 0 amide bonds. The highest BCUT2D eigenvalue weighted by Gasteiger charge is 2.19. The van der Waals surface area contributed by atoms with Crippen LogP contribution < -0.4 is 11.1 Å². The molecule has 3 N–H and O–H groups in total. The molecule has 1 heterocycles. The Kier molecular flexibility index (Phi) is 3.13. The fourth-order valence-electron chi connectivity index (χ4n) is 1.65. The summed E-state index contributed by atoms with van der Waals surface area (Å²) in [5.74, 6) is 0. The van der Waals surface area contributed by atoms with Gasteiger partial charge < -0.3 is 11.1 Å². The van der Waals surface area contributed by atoms with Crippen LogP contribution in [-0.4, -0.2) is 22.3 Å². The SMILES string of the molecule is CC(C)(CN)Nc1c(C#N)nnc2ccccc12. The van der Waals surface area contributed by atoms with Gasteiger partial charge in [-0.1, -0.05) is 18.2 Å². The normalized spacial score (nSPS) is 11.2. The molecule has 1 aromatic heterocycles. The zero-order chi connectivity index (χ0) is 13.2. The Morgan fingerprint density at radius 1 is 1.33 bits per heavy atom. The summed E-state index contributed by atoms with van der Waals surface area (Å²) >= 11 is 0. The van der Waals surface area contributed by atoms with E-state index in [1.807, 2.05) is 38.1 Å². The van der Waals surface area contributed by atoms with Crippen LogP contribution in [0.3, 0.4) is 0 Å². The molecule has 0 aliphatic carbocycles. The van der Waals surface area contributed by atoms with Gasteiger partial charge in [0.2, 0.25) is 0 Å². The molecule has 2 rings (SSSR count). The van der Waals surface area contributed by atoms with E-state index in [0.29, 0.717) is 12.2 Å². The highest BCUT2D eigenvalue weighted by Crippen LogP contribution is 2.26. The summed E-state index contributed by atoms with van der Waals surface area (Å²) in [6.45, 7) is 4.40. The number of aromatic nitrogens is 2. The summed E-state index contributed by atoms with van der Waals surface area (Å²) in [5.41, 5.74) is 7.14.